The predicted octanol–water partition coefficient (Wildman–Crippen LogP) is 10.8. The van der Waals surface area contributed by atoms with Crippen LogP contribution in [0.2, 0.25) is 0 Å². The summed E-state index contributed by atoms with van der Waals surface area (Å²) < 4.78 is 4.45. The summed E-state index contributed by atoms with van der Waals surface area (Å²) in [7, 11) is 0. The van der Waals surface area contributed by atoms with Gasteiger partial charge in [0, 0.05) is 32.8 Å². The Morgan fingerprint density at radius 1 is 0.360 bits per heavy atom. The fourth-order valence-electron chi connectivity index (χ4n) is 7.35. The van der Waals surface area contributed by atoms with E-state index in [-0.39, 0.29) is 0 Å². The van der Waals surface area contributed by atoms with E-state index in [0.29, 0.717) is 16.7 Å². The first kappa shape index (κ1) is 28.8. The lowest BCUT2D eigenvalue weighted by atomic mass is 9.95. The van der Waals surface area contributed by atoms with Gasteiger partial charge >= 0.3 is 0 Å². The standard InChI is InChI=1S/C45H25N5/c46-26-29-14-20-44-40(23-29)38-9-3-5-11-42(38)49(44)35-17-15-32(16-18-35)33-21-31(28-48)22-34(25-33)36-7-1-4-10-41(36)50-43-12-6-2-8-37(43)39-19-13-30(27-47)24-45(39)50/h1-25H. The number of benzene rings is 7. The third kappa shape index (κ3) is 4.45. The number of nitrogens with zero attached hydrogens (tertiary/aromatic N) is 5. The molecule has 0 N–H and O–H groups in total. The Morgan fingerprint density at radius 3 is 1.70 bits per heavy atom. The van der Waals surface area contributed by atoms with Crippen LogP contribution < -0.4 is 0 Å². The van der Waals surface area contributed by atoms with Crippen molar-refractivity contribution in [2.75, 3.05) is 0 Å². The summed E-state index contributed by atoms with van der Waals surface area (Å²) in [6.07, 6.45) is 0. The Hall–Kier alpha value is -7.39. The molecule has 0 amide bonds. The zero-order valence-electron chi connectivity index (χ0n) is 26.7. The van der Waals surface area contributed by atoms with E-state index in [9.17, 15) is 15.8 Å². The largest absolute Gasteiger partial charge is 0.309 e. The van der Waals surface area contributed by atoms with Crippen molar-refractivity contribution in [2.24, 2.45) is 0 Å². The lowest BCUT2D eigenvalue weighted by Gasteiger charge is -2.15. The number of rotatable bonds is 4. The van der Waals surface area contributed by atoms with Gasteiger partial charge in [0.2, 0.25) is 0 Å². The van der Waals surface area contributed by atoms with Crippen LogP contribution in [0.5, 0.6) is 0 Å². The van der Waals surface area contributed by atoms with Crippen molar-refractivity contribution in [3.05, 3.63) is 168 Å². The van der Waals surface area contributed by atoms with Crippen molar-refractivity contribution in [3.63, 3.8) is 0 Å². The van der Waals surface area contributed by atoms with E-state index in [4.69, 9.17) is 0 Å². The molecule has 230 valence electrons. The Bertz CT molecular complexity index is 2960. The molecule has 0 radical (unpaired) electrons. The molecule has 5 nitrogen and oxygen atoms in total. The molecule has 7 aromatic carbocycles. The Morgan fingerprint density at radius 2 is 0.940 bits per heavy atom. The summed E-state index contributed by atoms with van der Waals surface area (Å²) in [5.41, 5.74) is 11.7. The van der Waals surface area contributed by atoms with Crippen molar-refractivity contribution >= 4 is 43.6 Å². The van der Waals surface area contributed by atoms with Crippen LogP contribution in [0.1, 0.15) is 16.7 Å². The summed E-state index contributed by atoms with van der Waals surface area (Å²) in [6.45, 7) is 0. The molecule has 2 aromatic heterocycles. The molecule has 9 aromatic rings. The molecule has 0 bridgehead atoms. The van der Waals surface area contributed by atoms with Gasteiger partial charge in [0.25, 0.3) is 0 Å². The molecular weight excluding hydrogens is 611 g/mol. The molecule has 0 fully saturated rings. The molecule has 50 heavy (non-hydrogen) atoms. The van der Waals surface area contributed by atoms with Gasteiger partial charge in [-0.3, -0.25) is 0 Å². The van der Waals surface area contributed by atoms with Crippen LogP contribution in [-0.2, 0) is 0 Å². The Labute approximate surface area is 287 Å². The number of para-hydroxylation sites is 3. The fraction of sp³-hybridized carbons (Fsp3) is 0. The normalized spacial score (nSPS) is 11.1. The summed E-state index contributed by atoms with van der Waals surface area (Å²) in [4.78, 5) is 0. The predicted molar refractivity (Wildman–Crippen MR) is 200 cm³/mol. The molecule has 0 aliphatic carbocycles. The van der Waals surface area contributed by atoms with Crippen LogP contribution in [0.15, 0.2) is 152 Å². The SMILES string of the molecule is N#Cc1cc(-c2ccc(-n3c4ccccc4c4cc(C#N)ccc43)cc2)cc(-c2ccccc2-n2c3ccccc3c3ccc(C#N)cc32)c1. The number of fused-ring (bicyclic) bond motifs is 6. The lowest BCUT2D eigenvalue weighted by Crippen LogP contribution is -1.98. The van der Waals surface area contributed by atoms with Gasteiger partial charge in [-0.15, -0.1) is 0 Å². The van der Waals surface area contributed by atoms with E-state index in [1.54, 1.807) is 0 Å². The summed E-state index contributed by atoms with van der Waals surface area (Å²) >= 11 is 0. The van der Waals surface area contributed by atoms with Gasteiger partial charge in [-0.2, -0.15) is 15.8 Å². The second-order valence-corrected chi connectivity index (χ2v) is 12.4. The van der Waals surface area contributed by atoms with E-state index >= 15 is 0 Å². The average molecular weight is 636 g/mol. The van der Waals surface area contributed by atoms with Crippen molar-refractivity contribution in [2.45, 2.75) is 0 Å². The first-order valence-corrected chi connectivity index (χ1v) is 16.3. The third-order valence-corrected chi connectivity index (χ3v) is 9.58. The van der Waals surface area contributed by atoms with Crippen LogP contribution in [0, 0.1) is 34.0 Å². The molecule has 0 spiro atoms. The zero-order chi connectivity index (χ0) is 33.8. The maximum absolute atomic E-state index is 10.2. The molecule has 9 rings (SSSR count). The van der Waals surface area contributed by atoms with Gasteiger partial charge in [0.1, 0.15) is 0 Å². The number of hydrogen-bond acceptors (Lipinski definition) is 3. The number of aromatic nitrogens is 2. The number of nitriles is 3. The second kappa shape index (κ2) is 11.4. The molecule has 0 saturated carbocycles. The van der Waals surface area contributed by atoms with Crippen LogP contribution in [-0.4, -0.2) is 9.13 Å². The Kier molecular flexibility index (Phi) is 6.56. The molecule has 0 aliphatic heterocycles. The van der Waals surface area contributed by atoms with Gasteiger partial charge in [0.15, 0.2) is 0 Å². The molecule has 0 saturated heterocycles. The first-order chi connectivity index (χ1) is 24.6. The molecule has 0 atom stereocenters. The van der Waals surface area contributed by atoms with Crippen LogP contribution in [0.4, 0.5) is 0 Å². The lowest BCUT2D eigenvalue weighted by molar-refractivity contribution is 1.18. The average Bonchev–Trinajstić information content (AvgIpc) is 3.69. The highest BCUT2D eigenvalue weighted by molar-refractivity contribution is 6.11. The number of hydrogen-bond donors (Lipinski definition) is 0. The molecular formula is C45H25N5. The minimum atomic E-state index is 0.570. The minimum absolute atomic E-state index is 0.570. The zero-order valence-corrected chi connectivity index (χ0v) is 26.7. The third-order valence-electron chi connectivity index (χ3n) is 9.58. The van der Waals surface area contributed by atoms with Crippen molar-refractivity contribution in [3.8, 4) is 51.8 Å². The maximum atomic E-state index is 10.2. The molecule has 0 unspecified atom stereocenters. The van der Waals surface area contributed by atoms with Crippen molar-refractivity contribution < 1.29 is 0 Å². The molecule has 0 aliphatic rings. The first-order valence-electron chi connectivity index (χ1n) is 16.3. The highest BCUT2D eigenvalue weighted by Gasteiger charge is 2.17. The fourth-order valence-corrected chi connectivity index (χ4v) is 7.35. The highest BCUT2D eigenvalue weighted by Crippen LogP contribution is 2.38. The monoisotopic (exact) mass is 635 g/mol. The highest BCUT2D eigenvalue weighted by atomic mass is 15.0. The van der Waals surface area contributed by atoms with Crippen LogP contribution >= 0.6 is 0 Å². The molecule has 5 heteroatoms. The van der Waals surface area contributed by atoms with Gasteiger partial charge in [-0.25, -0.2) is 0 Å². The molecule has 2 heterocycles. The van der Waals surface area contributed by atoms with Crippen molar-refractivity contribution in [1.29, 1.82) is 15.8 Å². The second-order valence-electron chi connectivity index (χ2n) is 12.4. The summed E-state index contributed by atoms with van der Waals surface area (Å²) in [5.74, 6) is 0. The Balaban J connectivity index is 1.19. The topological polar surface area (TPSA) is 81.2 Å². The maximum Gasteiger partial charge on any atom is 0.0992 e. The van der Waals surface area contributed by atoms with Gasteiger partial charge < -0.3 is 9.13 Å². The van der Waals surface area contributed by atoms with Crippen LogP contribution in [0.25, 0.3) is 77.2 Å². The smallest absolute Gasteiger partial charge is 0.0992 e. The summed E-state index contributed by atoms with van der Waals surface area (Å²) in [6, 6.07) is 57.9. The van der Waals surface area contributed by atoms with E-state index in [1.165, 1.54) is 0 Å². The van der Waals surface area contributed by atoms with Gasteiger partial charge in [-0.1, -0.05) is 72.8 Å². The van der Waals surface area contributed by atoms with Crippen LogP contribution in [0.3, 0.4) is 0 Å². The van der Waals surface area contributed by atoms with Crippen molar-refractivity contribution in [1.82, 2.24) is 9.13 Å². The van der Waals surface area contributed by atoms with E-state index < -0.39 is 0 Å². The minimum Gasteiger partial charge on any atom is -0.309 e. The van der Waals surface area contributed by atoms with E-state index in [1.807, 2.05) is 84.9 Å². The van der Waals surface area contributed by atoms with Gasteiger partial charge in [-0.05, 0) is 95.6 Å². The van der Waals surface area contributed by atoms with E-state index in [2.05, 4.69) is 94.1 Å². The van der Waals surface area contributed by atoms with Gasteiger partial charge in [0.05, 0.1) is 62.7 Å². The summed E-state index contributed by atoms with van der Waals surface area (Å²) in [5, 5.41) is 33.8. The van der Waals surface area contributed by atoms with E-state index in [0.717, 1.165) is 77.2 Å². The quantitative estimate of drug-likeness (QED) is 0.193.